The maximum Gasteiger partial charge on any atom is 0.321 e. The fourth-order valence-corrected chi connectivity index (χ4v) is 2.84. The maximum atomic E-state index is 11.6. The second kappa shape index (κ2) is 9.26. The zero-order chi connectivity index (χ0) is 20.3. The van der Waals surface area contributed by atoms with Gasteiger partial charge in [-0.2, -0.15) is 0 Å². The predicted molar refractivity (Wildman–Crippen MR) is 111 cm³/mol. The second-order valence-electron chi connectivity index (χ2n) is 6.15. The first-order valence-corrected chi connectivity index (χ1v) is 8.29. The molecule has 0 bridgehead atoms. The molecule has 0 spiro atoms. The van der Waals surface area contributed by atoms with Crippen molar-refractivity contribution in [1.82, 2.24) is 15.3 Å². The lowest BCUT2D eigenvalue weighted by Crippen LogP contribution is -2.38. The molecular weight excluding hydrogens is 448 g/mol. The number of rotatable bonds is 7. The van der Waals surface area contributed by atoms with Crippen molar-refractivity contribution in [2.75, 3.05) is 0 Å². The SMILES string of the molecule is Br.O=C(O)[C@H](Cc1ccccc1)NCc1cc2[nH]c(=O)c(=O)[nH]c2cc1[N+](=O)[O-]. The number of carbonyl (C=O) groups is 1. The minimum absolute atomic E-state index is 0. The summed E-state index contributed by atoms with van der Waals surface area (Å²) < 4.78 is 0. The molecule has 10 nitrogen and oxygen atoms in total. The van der Waals surface area contributed by atoms with Gasteiger partial charge in [0, 0.05) is 18.2 Å². The minimum Gasteiger partial charge on any atom is -0.480 e. The van der Waals surface area contributed by atoms with Crippen LogP contribution in [0.25, 0.3) is 11.0 Å². The first kappa shape index (κ1) is 22.0. The lowest BCUT2D eigenvalue weighted by Gasteiger charge is -2.15. The molecule has 11 heteroatoms. The van der Waals surface area contributed by atoms with Gasteiger partial charge in [-0.1, -0.05) is 30.3 Å². The summed E-state index contributed by atoms with van der Waals surface area (Å²) in [4.78, 5) is 49.8. The quantitative estimate of drug-likeness (QED) is 0.234. The monoisotopic (exact) mass is 464 g/mol. The average molecular weight is 465 g/mol. The van der Waals surface area contributed by atoms with Crippen molar-refractivity contribution < 1.29 is 14.8 Å². The van der Waals surface area contributed by atoms with Crippen LogP contribution in [-0.4, -0.2) is 32.0 Å². The summed E-state index contributed by atoms with van der Waals surface area (Å²) in [6.45, 7) is -0.114. The van der Waals surface area contributed by atoms with E-state index in [-0.39, 0.29) is 52.2 Å². The number of hydrogen-bond acceptors (Lipinski definition) is 6. The molecule has 0 fully saturated rings. The van der Waals surface area contributed by atoms with Crippen molar-refractivity contribution in [2.24, 2.45) is 0 Å². The number of nitrogens with zero attached hydrogens (tertiary/aromatic N) is 1. The highest BCUT2D eigenvalue weighted by Gasteiger charge is 2.21. The number of hydrogen-bond donors (Lipinski definition) is 4. The van der Waals surface area contributed by atoms with Crippen LogP contribution in [0.2, 0.25) is 0 Å². The standard InChI is InChI=1S/C18H16N4O6.BrH/c23-16-17(24)21-13-8-15(22(27)28)11(7-12(13)20-16)9-19-14(18(25)26)6-10-4-2-1-3-5-10;/h1-5,7-8,14,19H,6,9H2,(H,20,23)(H,21,24)(H,25,26);1H/t14-;/m0./s1. The van der Waals surface area contributed by atoms with Gasteiger partial charge < -0.3 is 15.1 Å². The highest BCUT2D eigenvalue weighted by Crippen LogP contribution is 2.23. The molecule has 3 rings (SSSR count). The number of aliphatic carboxylic acids is 1. The van der Waals surface area contributed by atoms with Gasteiger partial charge in [0.2, 0.25) is 0 Å². The number of fused-ring (bicyclic) bond motifs is 1. The largest absolute Gasteiger partial charge is 0.480 e. The Labute approximate surface area is 173 Å². The summed E-state index contributed by atoms with van der Waals surface area (Å²) >= 11 is 0. The molecule has 0 aliphatic carbocycles. The Bertz CT molecular complexity index is 1160. The van der Waals surface area contributed by atoms with E-state index in [2.05, 4.69) is 15.3 Å². The summed E-state index contributed by atoms with van der Waals surface area (Å²) in [7, 11) is 0. The van der Waals surface area contributed by atoms with Crippen molar-refractivity contribution in [2.45, 2.75) is 19.0 Å². The lowest BCUT2D eigenvalue weighted by molar-refractivity contribution is -0.385. The van der Waals surface area contributed by atoms with Gasteiger partial charge in [0.15, 0.2) is 0 Å². The fraction of sp³-hybridized carbons (Fsp3) is 0.167. The Morgan fingerprint density at radius 2 is 1.69 bits per heavy atom. The number of carboxylic acid groups (broad SMARTS) is 1. The topological polar surface area (TPSA) is 158 Å². The Hall–Kier alpha value is -3.31. The van der Waals surface area contributed by atoms with Gasteiger partial charge in [-0.3, -0.25) is 29.8 Å². The molecule has 152 valence electrons. The number of carboxylic acids is 1. The van der Waals surface area contributed by atoms with Crippen molar-refractivity contribution in [3.63, 3.8) is 0 Å². The molecule has 0 aliphatic heterocycles. The molecule has 1 aromatic heterocycles. The fourth-order valence-electron chi connectivity index (χ4n) is 2.84. The van der Waals surface area contributed by atoms with Gasteiger partial charge in [-0.05, 0) is 18.1 Å². The third kappa shape index (κ3) is 5.15. The number of benzene rings is 2. The normalized spacial score (nSPS) is 11.6. The van der Waals surface area contributed by atoms with Gasteiger partial charge in [-0.25, -0.2) is 0 Å². The molecular formula is C18H17BrN4O6. The molecule has 0 amide bonds. The molecule has 29 heavy (non-hydrogen) atoms. The molecule has 1 atom stereocenters. The van der Waals surface area contributed by atoms with E-state index in [1.165, 1.54) is 6.07 Å². The van der Waals surface area contributed by atoms with Crippen LogP contribution in [0.3, 0.4) is 0 Å². The van der Waals surface area contributed by atoms with E-state index in [0.717, 1.165) is 11.6 Å². The van der Waals surface area contributed by atoms with Crippen molar-refractivity contribution in [3.05, 3.63) is 84.4 Å². The van der Waals surface area contributed by atoms with E-state index in [4.69, 9.17) is 0 Å². The Morgan fingerprint density at radius 1 is 1.10 bits per heavy atom. The number of aromatic nitrogens is 2. The molecule has 1 heterocycles. The summed E-state index contributed by atoms with van der Waals surface area (Å²) in [6.07, 6.45) is 0.196. The van der Waals surface area contributed by atoms with E-state index < -0.39 is 28.1 Å². The number of halogens is 1. The van der Waals surface area contributed by atoms with Crippen molar-refractivity contribution in [3.8, 4) is 0 Å². The van der Waals surface area contributed by atoms with Crippen molar-refractivity contribution in [1.29, 1.82) is 0 Å². The highest BCUT2D eigenvalue weighted by atomic mass is 79.9. The smallest absolute Gasteiger partial charge is 0.321 e. The van der Waals surface area contributed by atoms with Gasteiger partial charge in [0.25, 0.3) is 5.69 Å². The van der Waals surface area contributed by atoms with Crippen LogP contribution in [0.1, 0.15) is 11.1 Å². The maximum absolute atomic E-state index is 11.6. The number of nitro groups is 1. The zero-order valence-corrected chi connectivity index (χ0v) is 16.6. The van der Waals surface area contributed by atoms with Crippen LogP contribution < -0.4 is 16.4 Å². The minimum atomic E-state index is -1.09. The van der Waals surface area contributed by atoms with E-state index >= 15 is 0 Å². The van der Waals surface area contributed by atoms with Crippen LogP contribution >= 0.6 is 17.0 Å². The molecule has 4 N–H and O–H groups in total. The molecule has 0 saturated carbocycles. The van der Waals surface area contributed by atoms with E-state index in [1.807, 2.05) is 6.07 Å². The van der Waals surface area contributed by atoms with Gasteiger partial charge >= 0.3 is 17.1 Å². The van der Waals surface area contributed by atoms with Gasteiger partial charge in [0.05, 0.1) is 16.0 Å². The first-order valence-electron chi connectivity index (χ1n) is 8.29. The lowest BCUT2D eigenvalue weighted by atomic mass is 10.1. The number of H-pyrrole nitrogens is 2. The van der Waals surface area contributed by atoms with Crippen LogP contribution in [0.15, 0.2) is 52.1 Å². The van der Waals surface area contributed by atoms with E-state index in [0.29, 0.717) is 0 Å². The molecule has 3 aromatic rings. The number of aromatic amines is 2. The number of nitrogens with one attached hydrogen (secondary N) is 3. The van der Waals surface area contributed by atoms with Crippen LogP contribution in [0, 0.1) is 10.1 Å². The summed E-state index contributed by atoms with van der Waals surface area (Å²) in [5.41, 5.74) is -0.793. The Balaban J connectivity index is 0.00000300. The molecule has 0 saturated heterocycles. The van der Waals surface area contributed by atoms with Crippen LogP contribution in [0.4, 0.5) is 5.69 Å². The van der Waals surface area contributed by atoms with Gasteiger partial charge in [-0.15, -0.1) is 17.0 Å². The summed E-state index contributed by atoms with van der Waals surface area (Å²) in [5.74, 6) is -1.09. The average Bonchev–Trinajstić information content (AvgIpc) is 2.66. The third-order valence-electron chi connectivity index (χ3n) is 4.24. The van der Waals surface area contributed by atoms with Crippen LogP contribution in [0.5, 0.6) is 0 Å². The van der Waals surface area contributed by atoms with E-state index in [1.54, 1.807) is 24.3 Å². The van der Waals surface area contributed by atoms with Crippen LogP contribution in [-0.2, 0) is 17.8 Å². The molecule has 0 unspecified atom stereocenters. The van der Waals surface area contributed by atoms with Crippen molar-refractivity contribution >= 4 is 39.7 Å². The Kier molecular flexibility index (Phi) is 7.02. The van der Waals surface area contributed by atoms with Gasteiger partial charge in [0.1, 0.15) is 6.04 Å². The summed E-state index contributed by atoms with van der Waals surface area (Å²) in [6, 6.07) is 10.5. The zero-order valence-electron chi connectivity index (χ0n) is 14.9. The van der Waals surface area contributed by atoms with E-state index in [9.17, 15) is 29.6 Å². The molecule has 2 aromatic carbocycles. The third-order valence-corrected chi connectivity index (χ3v) is 4.24. The second-order valence-corrected chi connectivity index (χ2v) is 6.15. The molecule has 0 radical (unpaired) electrons. The number of nitro benzene ring substituents is 1. The summed E-state index contributed by atoms with van der Waals surface area (Å²) in [5, 5.41) is 23.6. The Morgan fingerprint density at radius 3 is 2.24 bits per heavy atom. The predicted octanol–water partition coefficient (Wildman–Crippen LogP) is 1.49. The first-order chi connectivity index (χ1) is 13.3. The highest BCUT2D eigenvalue weighted by molar-refractivity contribution is 8.93. The molecule has 0 aliphatic rings.